The van der Waals surface area contributed by atoms with E-state index in [1.165, 1.54) is 13.2 Å². The Kier molecular flexibility index (Phi) is 4.32. The summed E-state index contributed by atoms with van der Waals surface area (Å²) in [7, 11) is 1.47. The van der Waals surface area contributed by atoms with Crippen molar-refractivity contribution in [2.24, 2.45) is 0 Å². The molecule has 1 saturated heterocycles. The van der Waals surface area contributed by atoms with Crippen LogP contribution in [0.3, 0.4) is 0 Å². The Labute approximate surface area is 135 Å². The van der Waals surface area contributed by atoms with Crippen molar-refractivity contribution in [3.8, 4) is 5.75 Å². The molecular weight excluding hydrogens is 295 g/mol. The van der Waals surface area contributed by atoms with Gasteiger partial charge in [0, 0.05) is 49.3 Å². The van der Waals surface area contributed by atoms with Crippen LogP contribution in [-0.2, 0) is 0 Å². The molecule has 1 aromatic heterocycles. The molecule has 5 nitrogen and oxygen atoms in total. The Morgan fingerprint density at radius 1 is 0.957 bits per heavy atom. The van der Waals surface area contributed by atoms with Gasteiger partial charge < -0.3 is 14.5 Å². The molecule has 3 rings (SSSR count). The van der Waals surface area contributed by atoms with Crippen molar-refractivity contribution in [3.05, 3.63) is 41.5 Å². The van der Waals surface area contributed by atoms with E-state index in [1.54, 1.807) is 6.07 Å². The second-order valence-electron chi connectivity index (χ2n) is 5.74. The zero-order valence-corrected chi connectivity index (χ0v) is 13.7. The van der Waals surface area contributed by atoms with Crippen LogP contribution in [0, 0.1) is 19.7 Å². The van der Waals surface area contributed by atoms with Gasteiger partial charge in [-0.05, 0) is 32.0 Å². The molecule has 0 atom stereocenters. The maximum Gasteiger partial charge on any atom is 0.225 e. The fourth-order valence-electron chi connectivity index (χ4n) is 2.87. The first-order chi connectivity index (χ1) is 11.1. The number of hydrogen-bond donors (Lipinski definition) is 0. The average molecular weight is 316 g/mol. The molecule has 2 heterocycles. The third-order valence-electron chi connectivity index (χ3n) is 4.03. The highest BCUT2D eigenvalue weighted by molar-refractivity contribution is 5.51. The summed E-state index contributed by atoms with van der Waals surface area (Å²) in [5.74, 6) is 0.726. The van der Waals surface area contributed by atoms with Crippen molar-refractivity contribution in [1.82, 2.24) is 9.97 Å². The summed E-state index contributed by atoms with van der Waals surface area (Å²) < 4.78 is 18.8. The lowest BCUT2D eigenvalue weighted by molar-refractivity contribution is 0.386. The van der Waals surface area contributed by atoms with E-state index >= 15 is 0 Å². The van der Waals surface area contributed by atoms with E-state index in [2.05, 4.69) is 19.8 Å². The molecule has 1 aliphatic heterocycles. The summed E-state index contributed by atoms with van der Waals surface area (Å²) in [5.41, 5.74) is 2.84. The van der Waals surface area contributed by atoms with Crippen LogP contribution in [0.2, 0.25) is 0 Å². The van der Waals surface area contributed by atoms with Gasteiger partial charge in [-0.2, -0.15) is 0 Å². The average Bonchev–Trinajstić information content (AvgIpc) is 2.54. The standard InChI is InChI=1S/C17H21FN4O/c1-12-10-13(2)20-17(19-12)22-8-6-21(7-9-22)14-4-5-16(23-3)15(18)11-14/h4-5,10-11H,6-9H2,1-3H3. The van der Waals surface area contributed by atoms with Gasteiger partial charge in [-0.3, -0.25) is 0 Å². The Bertz CT molecular complexity index is 679. The Balaban J connectivity index is 1.69. The van der Waals surface area contributed by atoms with Gasteiger partial charge in [0.2, 0.25) is 5.95 Å². The molecule has 6 heteroatoms. The first-order valence-corrected chi connectivity index (χ1v) is 7.72. The second kappa shape index (κ2) is 6.40. The summed E-state index contributed by atoms with van der Waals surface area (Å²) in [6.07, 6.45) is 0. The van der Waals surface area contributed by atoms with Crippen molar-refractivity contribution in [1.29, 1.82) is 0 Å². The molecule has 1 fully saturated rings. The number of hydrogen-bond acceptors (Lipinski definition) is 5. The normalized spacial score (nSPS) is 15.0. The monoisotopic (exact) mass is 316 g/mol. The maximum atomic E-state index is 13.9. The number of rotatable bonds is 3. The van der Waals surface area contributed by atoms with Crippen molar-refractivity contribution in [3.63, 3.8) is 0 Å². The zero-order chi connectivity index (χ0) is 16.4. The number of methoxy groups -OCH3 is 1. The van der Waals surface area contributed by atoms with Crippen LogP contribution in [0.5, 0.6) is 5.75 Å². The van der Waals surface area contributed by atoms with Crippen LogP contribution < -0.4 is 14.5 Å². The highest BCUT2D eigenvalue weighted by Crippen LogP contribution is 2.25. The van der Waals surface area contributed by atoms with E-state index in [1.807, 2.05) is 26.0 Å². The minimum Gasteiger partial charge on any atom is -0.494 e. The second-order valence-corrected chi connectivity index (χ2v) is 5.74. The summed E-state index contributed by atoms with van der Waals surface area (Å²) in [6.45, 7) is 7.21. The van der Waals surface area contributed by atoms with Gasteiger partial charge in [0.1, 0.15) is 0 Å². The van der Waals surface area contributed by atoms with Crippen LogP contribution in [0.1, 0.15) is 11.4 Å². The lowest BCUT2D eigenvalue weighted by Gasteiger charge is -2.36. The quantitative estimate of drug-likeness (QED) is 0.870. The number of piperazine rings is 1. The van der Waals surface area contributed by atoms with Crippen LogP contribution in [0.25, 0.3) is 0 Å². The summed E-state index contributed by atoms with van der Waals surface area (Å²) in [6, 6.07) is 7.07. The molecule has 2 aromatic rings. The number of anilines is 2. The molecule has 1 aromatic carbocycles. The van der Waals surface area contributed by atoms with Crippen LogP contribution in [-0.4, -0.2) is 43.3 Å². The number of aryl methyl sites for hydroxylation is 2. The summed E-state index contributed by atoms with van der Waals surface area (Å²) in [4.78, 5) is 13.4. The van der Waals surface area contributed by atoms with Gasteiger partial charge in [-0.25, -0.2) is 14.4 Å². The fourth-order valence-corrected chi connectivity index (χ4v) is 2.87. The van der Waals surface area contributed by atoms with Gasteiger partial charge in [0.25, 0.3) is 0 Å². The first kappa shape index (κ1) is 15.5. The first-order valence-electron chi connectivity index (χ1n) is 7.72. The van der Waals surface area contributed by atoms with Crippen LogP contribution in [0.15, 0.2) is 24.3 Å². The molecule has 0 saturated carbocycles. The predicted molar refractivity (Wildman–Crippen MR) is 88.9 cm³/mol. The predicted octanol–water partition coefficient (Wildman–Crippen LogP) is 2.57. The summed E-state index contributed by atoms with van der Waals surface area (Å²) >= 11 is 0. The molecule has 0 N–H and O–H groups in total. The summed E-state index contributed by atoms with van der Waals surface area (Å²) in [5, 5.41) is 0. The number of ether oxygens (including phenoxy) is 1. The molecule has 0 bridgehead atoms. The molecule has 0 unspecified atom stereocenters. The van der Waals surface area contributed by atoms with E-state index < -0.39 is 0 Å². The largest absolute Gasteiger partial charge is 0.494 e. The van der Waals surface area contributed by atoms with Crippen molar-refractivity contribution < 1.29 is 9.13 Å². The third kappa shape index (κ3) is 3.36. The van der Waals surface area contributed by atoms with Crippen molar-refractivity contribution in [2.45, 2.75) is 13.8 Å². The Morgan fingerprint density at radius 2 is 1.57 bits per heavy atom. The number of aromatic nitrogens is 2. The minimum absolute atomic E-state index is 0.274. The van der Waals surface area contributed by atoms with Crippen LogP contribution in [0.4, 0.5) is 16.0 Å². The van der Waals surface area contributed by atoms with Gasteiger partial charge in [0.15, 0.2) is 11.6 Å². The third-order valence-corrected chi connectivity index (χ3v) is 4.03. The molecule has 1 aliphatic rings. The van der Waals surface area contributed by atoms with Gasteiger partial charge in [-0.15, -0.1) is 0 Å². The molecular formula is C17H21FN4O. The fraction of sp³-hybridized carbons (Fsp3) is 0.412. The van der Waals surface area contributed by atoms with E-state index in [9.17, 15) is 4.39 Å². The molecule has 122 valence electrons. The van der Waals surface area contributed by atoms with E-state index in [0.717, 1.165) is 49.2 Å². The lowest BCUT2D eigenvalue weighted by atomic mass is 10.2. The number of benzene rings is 1. The lowest BCUT2D eigenvalue weighted by Crippen LogP contribution is -2.47. The highest BCUT2D eigenvalue weighted by atomic mass is 19.1. The molecule has 23 heavy (non-hydrogen) atoms. The smallest absolute Gasteiger partial charge is 0.225 e. The Morgan fingerprint density at radius 3 is 2.13 bits per heavy atom. The topological polar surface area (TPSA) is 41.5 Å². The zero-order valence-electron chi connectivity index (χ0n) is 13.7. The van der Waals surface area contributed by atoms with Gasteiger partial charge in [0.05, 0.1) is 7.11 Å². The van der Waals surface area contributed by atoms with Crippen LogP contribution >= 0.6 is 0 Å². The van der Waals surface area contributed by atoms with Crippen molar-refractivity contribution >= 4 is 11.6 Å². The highest BCUT2D eigenvalue weighted by Gasteiger charge is 2.20. The Hall–Kier alpha value is -2.37. The van der Waals surface area contributed by atoms with E-state index in [-0.39, 0.29) is 11.6 Å². The SMILES string of the molecule is COc1ccc(N2CCN(c3nc(C)cc(C)n3)CC2)cc1F. The maximum absolute atomic E-state index is 13.9. The molecule has 0 spiro atoms. The number of nitrogens with zero attached hydrogens (tertiary/aromatic N) is 4. The molecule has 0 radical (unpaired) electrons. The number of halogens is 1. The van der Waals surface area contributed by atoms with Gasteiger partial charge in [-0.1, -0.05) is 0 Å². The molecule has 0 amide bonds. The van der Waals surface area contributed by atoms with Gasteiger partial charge >= 0.3 is 0 Å². The molecule has 0 aliphatic carbocycles. The van der Waals surface area contributed by atoms with E-state index in [0.29, 0.717) is 0 Å². The van der Waals surface area contributed by atoms with Crippen molar-refractivity contribution in [2.75, 3.05) is 43.1 Å². The minimum atomic E-state index is -0.329. The van der Waals surface area contributed by atoms with E-state index in [4.69, 9.17) is 4.74 Å².